The van der Waals surface area contributed by atoms with Crippen molar-refractivity contribution in [1.29, 1.82) is 0 Å². The average Bonchev–Trinajstić information content (AvgIpc) is 2.22. The number of carbonyl (C=O) groups is 1. The van der Waals surface area contributed by atoms with Crippen molar-refractivity contribution in [2.24, 2.45) is 0 Å². The van der Waals surface area contributed by atoms with E-state index in [0.717, 1.165) is 30.0 Å². The van der Waals surface area contributed by atoms with Gasteiger partial charge in [0.15, 0.2) is 0 Å². The van der Waals surface area contributed by atoms with Gasteiger partial charge in [-0.3, -0.25) is 4.79 Å². The van der Waals surface area contributed by atoms with Gasteiger partial charge in [-0.05, 0) is 25.1 Å². The first kappa shape index (κ1) is 12.0. The fourth-order valence-corrected chi connectivity index (χ4v) is 1.91. The number of thioether (sulfide) groups is 1. The maximum atomic E-state index is 13.2. The van der Waals surface area contributed by atoms with Crippen LogP contribution in [0.25, 0.3) is 0 Å². The minimum atomic E-state index is -0.564. The van der Waals surface area contributed by atoms with Crippen LogP contribution in [0.15, 0.2) is 23.1 Å². The topological polar surface area (TPSA) is 26.3 Å². The summed E-state index contributed by atoms with van der Waals surface area (Å²) in [6.07, 6.45) is 0. The van der Waals surface area contributed by atoms with Crippen LogP contribution in [0.3, 0.4) is 0 Å². The van der Waals surface area contributed by atoms with Gasteiger partial charge in [0.2, 0.25) is 0 Å². The van der Waals surface area contributed by atoms with Crippen molar-refractivity contribution in [3.63, 3.8) is 0 Å². The third-order valence-corrected chi connectivity index (χ3v) is 2.84. The van der Waals surface area contributed by atoms with Crippen LogP contribution >= 0.6 is 11.8 Å². The molecule has 1 unspecified atom stereocenters. The van der Waals surface area contributed by atoms with Gasteiger partial charge in [0.1, 0.15) is 16.9 Å². The van der Waals surface area contributed by atoms with E-state index in [9.17, 15) is 13.6 Å². The standard InChI is InChI=1S/C10H10F2O2S/c1-6(10(13)14-2)15-9-5-7(11)3-4-8(9)12/h3-6H,1-2H3. The van der Waals surface area contributed by atoms with Gasteiger partial charge < -0.3 is 4.74 Å². The van der Waals surface area contributed by atoms with Crippen molar-refractivity contribution >= 4 is 17.7 Å². The minimum absolute atomic E-state index is 0.105. The summed E-state index contributed by atoms with van der Waals surface area (Å²) >= 11 is 0.927. The molecule has 0 spiro atoms. The number of methoxy groups -OCH3 is 1. The van der Waals surface area contributed by atoms with E-state index in [-0.39, 0.29) is 4.90 Å². The Bertz CT molecular complexity index is 368. The molecule has 0 aliphatic rings. The lowest BCUT2D eigenvalue weighted by atomic mass is 10.3. The minimum Gasteiger partial charge on any atom is -0.468 e. The fourth-order valence-electron chi connectivity index (χ4n) is 0.972. The Morgan fingerprint density at radius 3 is 2.73 bits per heavy atom. The van der Waals surface area contributed by atoms with Crippen molar-refractivity contribution in [2.75, 3.05) is 7.11 Å². The summed E-state index contributed by atoms with van der Waals surface area (Å²) in [5, 5.41) is -0.564. The van der Waals surface area contributed by atoms with Crippen molar-refractivity contribution in [3.05, 3.63) is 29.8 Å². The predicted molar refractivity (Wildman–Crippen MR) is 53.7 cm³/mol. The van der Waals surface area contributed by atoms with Gasteiger partial charge in [-0.15, -0.1) is 11.8 Å². The number of carbonyl (C=O) groups excluding carboxylic acids is 1. The second kappa shape index (κ2) is 5.11. The molecule has 0 aliphatic carbocycles. The van der Waals surface area contributed by atoms with E-state index in [0.29, 0.717) is 0 Å². The average molecular weight is 232 g/mol. The SMILES string of the molecule is COC(=O)C(C)Sc1cc(F)ccc1F. The Labute approximate surface area is 90.6 Å². The first-order valence-electron chi connectivity index (χ1n) is 4.24. The first-order valence-corrected chi connectivity index (χ1v) is 5.12. The Morgan fingerprint density at radius 2 is 2.13 bits per heavy atom. The highest BCUT2D eigenvalue weighted by Gasteiger charge is 2.16. The van der Waals surface area contributed by atoms with Crippen LogP contribution in [0.1, 0.15) is 6.92 Å². The molecule has 0 aromatic heterocycles. The summed E-state index contributed by atoms with van der Waals surface area (Å²) in [6, 6.07) is 3.11. The molecule has 0 amide bonds. The monoisotopic (exact) mass is 232 g/mol. The molecule has 0 aliphatic heterocycles. The van der Waals surface area contributed by atoms with Crippen LogP contribution in [-0.4, -0.2) is 18.3 Å². The van der Waals surface area contributed by atoms with E-state index < -0.39 is 22.9 Å². The summed E-state index contributed by atoms with van der Waals surface area (Å²) in [5.41, 5.74) is 0. The molecule has 0 heterocycles. The Hall–Kier alpha value is -1.10. The quantitative estimate of drug-likeness (QED) is 0.592. The van der Waals surface area contributed by atoms with E-state index in [1.807, 2.05) is 0 Å². The first-order chi connectivity index (χ1) is 7.04. The van der Waals surface area contributed by atoms with Crippen LogP contribution in [-0.2, 0) is 9.53 Å². The fraction of sp³-hybridized carbons (Fsp3) is 0.300. The van der Waals surface area contributed by atoms with Crippen LogP contribution in [0.2, 0.25) is 0 Å². The highest BCUT2D eigenvalue weighted by atomic mass is 32.2. The molecule has 1 rings (SSSR count). The summed E-state index contributed by atoms with van der Waals surface area (Å²) in [6.45, 7) is 1.57. The molecular weight excluding hydrogens is 222 g/mol. The van der Waals surface area contributed by atoms with Crippen molar-refractivity contribution < 1.29 is 18.3 Å². The van der Waals surface area contributed by atoms with E-state index in [4.69, 9.17) is 0 Å². The molecule has 2 nitrogen and oxygen atoms in total. The molecule has 0 radical (unpaired) electrons. The molecule has 0 saturated carbocycles. The van der Waals surface area contributed by atoms with Gasteiger partial charge >= 0.3 is 5.97 Å². The van der Waals surface area contributed by atoms with Crippen molar-refractivity contribution in [3.8, 4) is 0 Å². The molecule has 0 N–H and O–H groups in total. The lowest BCUT2D eigenvalue weighted by Gasteiger charge is -2.09. The summed E-state index contributed by atoms with van der Waals surface area (Å²) in [7, 11) is 1.25. The normalized spacial score (nSPS) is 12.3. The lowest BCUT2D eigenvalue weighted by Crippen LogP contribution is -2.14. The predicted octanol–water partition coefficient (Wildman–Crippen LogP) is 2.62. The highest BCUT2D eigenvalue weighted by Crippen LogP contribution is 2.27. The van der Waals surface area contributed by atoms with Crippen LogP contribution in [0, 0.1) is 11.6 Å². The van der Waals surface area contributed by atoms with E-state index in [2.05, 4.69) is 4.74 Å². The van der Waals surface area contributed by atoms with Gasteiger partial charge in [-0.1, -0.05) is 0 Å². The van der Waals surface area contributed by atoms with E-state index in [1.165, 1.54) is 7.11 Å². The maximum Gasteiger partial charge on any atom is 0.318 e. The lowest BCUT2D eigenvalue weighted by molar-refractivity contribution is -0.139. The van der Waals surface area contributed by atoms with Gasteiger partial charge in [0, 0.05) is 4.90 Å². The molecule has 5 heteroatoms. The molecule has 1 aromatic rings. The molecule has 15 heavy (non-hydrogen) atoms. The molecule has 1 atom stereocenters. The molecule has 1 aromatic carbocycles. The third kappa shape index (κ3) is 3.20. The largest absolute Gasteiger partial charge is 0.468 e. The van der Waals surface area contributed by atoms with Gasteiger partial charge in [-0.2, -0.15) is 0 Å². The van der Waals surface area contributed by atoms with Crippen LogP contribution < -0.4 is 0 Å². The van der Waals surface area contributed by atoms with E-state index in [1.54, 1.807) is 6.92 Å². The van der Waals surface area contributed by atoms with E-state index >= 15 is 0 Å². The zero-order valence-corrected chi connectivity index (χ0v) is 9.11. The molecule has 0 fully saturated rings. The number of esters is 1. The number of rotatable bonds is 3. The molecule has 0 bridgehead atoms. The zero-order chi connectivity index (χ0) is 11.4. The highest BCUT2D eigenvalue weighted by molar-refractivity contribution is 8.00. The summed E-state index contributed by atoms with van der Waals surface area (Å²) in [4.78, 5) is 11.2. The number of ether oxygens (including phenoxy) is 1. The van der Waals surface area contributed by atoms with Gasteiger partial charge in [-0.25, -0.2) is 8.78 Å². The van der Waals surface area contributed by atoms with Crippen LogP contribution in [0.4, 0.5) is 8.78 Å². The number of hydrogen-bond donors (Lipinski definition) is 0. The Morgan fingerprint density at radius 1 is 1.47 bits per heavy atom. The second-order valence-corrected chi connectivity index (χ2v) is 4.24. The summed E-state index contributed by atoms with van der Waals surface area (Å²) in [5.74, 6) is -1.54. The smallest absolute Gasteiger partial charge is 0.318 e. The van der Waals surface area contributed by atoms with Crippen molar-refractivity contribution in [2.45, 2.75) is 17.1 Å². The van der Waals surface area contributed by atoms with Gasteiger partial charge in [0.05, 0.1) is 7.11 Å². The third-order valence-electron chi connectivity index (χ3n) is 1.73. The Kier molecular flexibility index (Phi) is 4.08. The van der Waals surface area contributed by atoms with Crippen molar-refractivity contribution in [1.82, 2.24) is 0 Å². The molecule has 0 saturated heterocycles. The zero-order valence-electron chi connectivity index (χ0n) is 8.29. The second-order valence-electron chi connectivity index (χ2n) is 2.86. The maximum absolute atomic E-state index is 13.2. The molecular formula is C10H10F2O2S. The van der Waals surface area contributed by atoms with Crippen LogP contribution in [0.5, 0.6) is 0 Å². The number of benzene rings is 1. The number of hydrogen-bond acceptors (Lipinski definition) is 3. The molecule has 82 valence electrons. The number of halogens is 2. The summed E-state index contributed by atoms with van der Waals surface area (Å²) < 4.78 is 30.4. The Balaban J connectivity index is 2.80. The van der Waals surface area contributed by atoms with Gasteiger partial charge in [0.25, 0.3) is 0 Å².